The summed E-state index contributed by atoms with van der Waals surface area (Å²) in [6, 6.07) is 5.99. The number of amides is 2. The van der Waals surface area contributed by atoms with Gasteiger partial charge in [-0.2, -0.15) is 0 Å². The van der Waals surface area contributed by atoms with Gasteiger partial charge in [0.15, 0.2) is 0 Å². The standard InChI is InChI=1S/C18H26FN3O2.ClH/c1-2-22(18(24)8-5-15-9-10-20-11-15)13-17(23)21-12-14-3-6-16(19)7-4-14;/h3-4,6-7,15,20H,2,5,8-13H2,1H3,(H,21,23);1H. The average molecular weight is 372 g/mol. The Kier molecular flexibility index (Phi) is 9.45. The van der Waals surface area contributed by atoms with Crippen LogP contribution < -0.4 is 10.6 Å². The third kappa shape index (κ3) is 7.40. The molecule has 0 saturated carbocycles. The van der Waals surface area contributed by atoms with E-state index in [4.69, 9.17) is 0 Å². The first-order valence-electron chi connectivity index (χ1n) is 8.58. The first kappa shape index (κ1) is 21.4. The molecule has 140 valence electrons. The van der Waals surface area contributed by atoms with Crippen LogP contribution in [-0.4, -0.2) is 42.9 Å². The third-order valence-electron chi connectivity index (χ3n) is 4.40. The normalized spacial score (nSPS) is 16.2. The Bertz CT molecular complexity index is 548. The fourth-order valence-electron chi connectivity index (χ4n) is 2.86. The molecule has 1 saturated heterocycles. The first-order chi connectivity index (χ1) is 11.6. The molecule has 1 fully saturated rings. The van der Waals surface area contributed by atoms with Crippen molar-refractivity contribution in [3.05, 3.63) is 35.6 Å². The second-order valence-corrected chi connectivity index (χ2v) is 6.21. The average Bonchev–Trinajstić information content (AvgIpc) is 3.10. The van der Waals surface area contributed by atoms with Gasteiger partial charge in [-0.25, -0.2) is 4.39 Å². The number of carbonyl (C=O) groups excluding carboxylic acids is 2. The number of hydrogen-bond donors (Lipinski definition) is 2. The van der Waals surface area contributed by atoms with Crippen LogP contribution in [0.4, 0.5) is 4.39 Å². The van der Waals surface area contributed by atoms with E-state index in [1.165, 1.54) is 12.1 Å². The Morgan fingerprint density at radius 2 is 2.04 bits per heavy atom. The lowest BCUT2D eigenvalue weighted by Crippen LogP contribution is -2.40. The molecule has 2 amide bonds. The van der Waals surface area contributed by atoms with Gasteiger partial charge in [0, 0.05) is 19.5 Å². The highest BCUT2D eigenvalue weighted by atomic mass is 35.5. The van der Waals surface area contributed by atoms with Crippen molar-refractivity contribution in [3.8, 4) is 0 Å². The van der Waals surface area contributed by atoms with Crippen LogP contribution in [0.3, 0.4) is 0 Å². The largest absolute Gasteiger partial charge is 0.350 e. The molecule has 0 spiro atoms. The van der Waals surface area contributed by atoms with E-state index in [1.807, 2.05) is 6.92 Å². The number of benzene rings is 1. The molecule has 2 N–H and O–H groups in total. The fraction of sp³-hybridized carbons (Fsp3) is 0.556. The number of carbonyl (C=O) groups is 2. The van der Waals surface area contributed by atoms with Gasteiger partial charge in [-0.05, 0) is 56.5 Å². The zero-order valence-corrected chi connectivity index (χ0v) is 15.4. The van der Waals surface area contributed by atoms with Crippen molar-refractivity contribution in [2.45, 2.75) is 32.7 Å². The van der Waals surface area contributed by atoms with Crippen molar-refractivity contribution in [1.82, 2.24) is 15.5 Å². The van der Waals surface area contributed by atoms with Crippen molar-refractivity contribution in [3.63, 3.8) is 0 Å². The van der Waals surface area contributed by atoms with Crippen molar-refractivity contribution < 1.29 is 14.0 Å². The van der Waals surface area contributed by atoms with E-state index in [2.05, 4.69) is 10.6 Å². The zero-order valence-electron chi connectivity index (χ0n) is 14.6. The lowest BCUT2D eigenvalue weighted by Gasteiger charge is -2.21. The van der Waals surface area contributed by atoms with Crippen LogP contribution >= 0.6 is 12.4 Å². The molecule has 1 aliphatic heterocycles. The minimum atomic E-state index is -0.301. The summed E-state index contributed by atoms with van der Waals surface area (Å²) in [5.74, 6) is 0.101. The maximum atomic E-state index is 12.8. The monoisotopic (exact) mass is 371 g/mol. The molecule has 0 bridgehead atoms. The van der Waals surface area contributed by atoms with Gasteiger partial charge in [-0.1, -0.05) is 12.1 Å². The summed E-state index contributed by atoms with van der Waals surface area (Å²) in [5.41, 5.74) is 0.827. The Morgan fingerprint density at radius 1 is 1.32 bits per heavy atom. The Morgan fingerprint density at radius 3 is 2.64 bits per heavy atom. The van der Waals surface area contributed by atoms with Gasteiger partial charge in [-0.15, -0.1) is 12.4 Å². The van der Waals surface area contributed by atoms with E-state index in [1.54, 1.807) is 17.0 Å². The summed E-state index contributed by atoms with van der Waals surface area (Å²) in [6.07, 6.45) is 2.49. The Balaban J connectivity index is 0.00000312. The summed E-state index contributed by atoms with van der Waals surface area (Å²) in [6.45, 7) is 4.81. The van der Waals surface area contributed by atoms with Crippen LogP contribution in [0.1, 0.15) is 31.7 Å². The van der Waals surface area contributed by atoms with Crippen molar-refractivity contribution in [1.29, 1.82) is 0 Å². The Labute approximate surface area is 154 Å². The van der Waals surface area contributed by atoms with E-state index in [-0.39, 0.29) is 36.6 Å². The van der Waals surface area contributed by atoms with Gasteiger partial charge >= 0.3 is 0 Å². The maximum Gasteiger partial charge on any atom is 0.239 e. The highest BCUT2D eigenvalue weighted by Gasteiger charge is 2.19. The molecule has 1 heterocycles. The minimum absolute atomic E-state index is 0. The summed E-state index contributed by atoms with van der Waals surface area (Å²) in [4.78, 5) is 25.9. The van der Waals surface area contributed by atoms with Crippen LogP contribution in [0.25, 0.3) is 0 Å². The number of hydrogen-bond acceptors (Lipinski definition) is 3. The van der Waals surface area contributed by atoms with Crippen LogP contribution in [0.15, 0.2) is 24.3 Å². The molecule has 1 unspecified atom stereocenters. The van der Waals surface area contributed by atoms with E-state index < -0.39 is 0 Å². The summed E-state index contributed by atoms with van der Waals surface area (Å²) in [5, 5.41) is 6.06. The lowest BCUT2D eigenvalue weighted by atomic mass is 10.0. The molecule has 0 radical (unpaired) electrons. The van der Waals surface area contributed by atoms with Crippen LogP contribution in [0, 0.1) is 11.7 Å². The van der Waals surface area contributed by atoms with Gasteiger partial charge in [0.05, 0.1) is 6.54 Å². The van der Waals surface area contributed by atoms with Gasteiger partial charge in [0.2, 0.25) is 11.8 Å². The van der Waals surface area contributed by atoms with Crippen molar-refractivity contribution in [2.75, 3.05) is 26.2 Å². The molecule has 5 nitrogen and oxygen atoms in total. The summed E-state index contributed by atoms with van der Waals surface area (Å²) in [7, 11) is 0. The van der Waals surface area contributed by atoms with Gasteiger partial charge < -0.3 is 15.5 Å². The second kappa shape index (κ2) is 11.1. The number of rotatable bonds is 8. The highest BCUT2D eigenvalue weighted by molar-refractivity contribution is 5.85. The van der Waals surface area contributed by atoms with E-state index in [0.717, 1.165) is 31.5 Å². The van der Waals surface area contributed by atoms with Gasteiger partial charge in [0.1, 0.15) is 5.82 Å². The van der Waals surface area contributed by atoms with Crippen molar-refractivity contribution >= 4 is 24.2 Å². The molecule has 1 aromatic rings. The summed E-state index contributed by atoms with van der Waals surface area (Å²) < 4.78 is 12.8. The molecule has 25 heavy (non-hydrogen) atoms. The highest BCUT2D eigenvalue weighted by Crippen LogP contribution is 2.15. The number of nitrogens with one attached hydrogen (secondary N) is 2. The van der Waals surface area contributed by atoms with Crippen LogP contribution in [-0.2, 0) is 16.1 Å². The molecule has 0 aliphatic carbocycles. The van der Waals surface area contributed by atoms with E-state index >= 15 is 0 Å². The van der Waals surface area contributed by atoms with E-state index in [9.17, 15) is 14.0 Å². The molecule has 1 aromatic carbocycles. The predicted molar refractivity (Wildman–Crippen MR) is 98.0 cm³/mol. The molecule has 1 atom stereocenters. The SMILES string of the molecule is CCN(CC(=O)NCc1ccc(F)cc1)C(=O)CCC1CCNC1.Cl. The summed E-state index contributed by atoms with van der Waals surface area (Å²) >= 11 is 0. The molecule has 7 heteroatoms. The third-order valence-corrected chi connectivity index (χ3v) is 4.40. The molecule has 1 aliphatic rings. The van der Waals surface area contributed by atoms with Gasteiger partial charge in [0.25, 0.3) is 0 Å². The molecule has 2 rings (SSSR count). The second-order valence-electron chi connectivity index (χ2n) is 6.21. The number of halogens is 2. The smallest absolute Gasteiger partial charge is 0.239 e. The zero-order chi connectivity index (χ0) is 17.4. The van der Waals surface area contributed by atoms with Gasteiger partial charge in [-0.3, -0.25) is 9.59 Å². The minimum Gasteiger partial charge on any atom is -0.350 e. The molecule has 0 aromatic heterocycles. The first-order valence-corrected chi connectivity index (χ1v) is 8.58. The predicted octanol–water partition coefficient (Wildman–Crippen LogP) is 2.10. The maximum absolute atomic E-state index is 12.8. The van der Waals surface area contributed by atoms with E-state index in [0.29, 0.717) is 25.4 Å². The quantitative estimate of drug-likeness (QED) is 0.735. The Hall–Kier alpha value is -1.66. The lowest BCUT2D eigenvalue weighted by molar-refractivity contribution is -0.136. The molecular weight excluding hydrogens is 345 g/mol. The van der Waals surface area contributed by atoms with Crippen LogP contribution in [0.2, 0.25) is 0 Å². The van der Waals surface area contributed by atoms with Crippen molar-refractivity contribution in [2.24, 2.45) is 5.92 Å². The topological polar surface area (TPSA) is 61.4 Å². The molecular formula is C18H27ClFN3O2. The number of nitrogens with zero attached hydrogens (tertiary/aromatic N) is 1. The fourth-order valence-corrected chi connectivity index (χ4v) is 2.86. The number of likely N-dealkylation sites (N-methyl/N-ethyl adjacent to an activating group) is 1. The van der Waals surface area contributed by atoms with Crippen LogP contribution in [0.5, 0.6) is 0 Å².